The third kappa shape index (κ3) is 5.34. The highest BCUT2D eigenvalue weighted by atomic mass is 16.7. The Bertz CT molecular complexity index is 196. The molecule has 0 aromatic heterocycles. The van der Waals surface area contributed by atoms with Crippen LogP contribution in [0.5, 0.6) is 0 Å². The highest BCUT2D eigenvalue weighted by Gasteiger charge is 2.23. The van der Waals surface area contributed by atoms with Crippen LogP contribution in [0.4, 0.5) is 0 Å². The molecule has 4 heteroatoms. The van der Waals surface area contributed by atoms with Gasteiger partial charge in [-0.25, -0.2) is 0 Å². The molecule has 0 spiro atoms. The second kappa shape index (κ2) is 8.03. The van der Waals surface area contributed by atoms with E-state index in [4.69, 9.17) is 15.2 Å². The molecule has 0 radical (unpaired) electrons. The molecule has 0 aromatic rings. The predicted molar refractivity (Wildman–Crippen MR) is 69.9 cm³/mol. The van der Waals surface area contributed by atoms with Crippen molar-refractivity contribution in [3.8, 4) is 0 Å². The van der Waals surface area contributed by atoms with E-state index in [-0.39, 0.29) is 6.29 Å². The van der Waals surface area contributed by atoms with Crippen molar-refractivity contribution in [1.29, 1.82) is 0 Å². The van der Waals surface area contributed by atoms with Gasteiger partial charge in [0.1, 0.15) is 0 Å². The minimum atomic E-state index is -0.0455. The van der Waals surface area contributed by atoms with Gasteiger partial charge in [0, 0.05) is 38.8 Å². The van der Waals surface area contributed by atoms with Gasteiger partial charge in [-0.3, -0.25) is 0 Å². The van der Waals surface area contributed by atoms with E-state index in [1.807, 2.05) is 13.8 Å². The first-order valence-electron chi connectivity index (χ1n) is 6.88. The maximum Gasteiger partial charge on any atom is 0.158 e. The Hall–Kier alpha value is -0.160. The maximum absolute atomic E-state index is 6.02. The van der Waals surface area contributed by atoms with Crippen LogP contribution in [0.25, 0.3) is 0 Å². The Labute approximate surface area is 105 Å². The Morgan fingerprint density at radius 1 is 1.29 bits per heavy atom. The van der Waals surface area contributed by atoms with Gasteiger partial charge in [-0.2, -0.15) is 0 Å². The molecular weight excluding hydrogens is 216 g/mol. The van der Waals surface area contributed by atoms with Crippen LogP contribution in [0.1, 0.15) is 33.6 Å². The summed E-state index contributed by atoms with van der Waals surface area (Å²) in [7, 11) is 0. The summed E-state index contributed by atoms with van der Waals surface area (Å²) in [5.41, 5.74) is 6.02. The van der Waals surface area contributed by atoms with E-state index in [1.165, 1.54) is 0 Å². The zero-order valence-corrected chi connectivity index (χ0v) is 11.5. The molecule has 1 aliphatic heterocycles. The molecule has 0 amide bonds. The van der Waals surface area contributed by atoms with Crippen molar-refractivity contribution in [2.75, 3.05) is 32.8 Å². The average Bonchev–Trinajstić information content (AvgIpc) is 2.31. The molecule has 102 valence electrons. The van der Waals surface area contributed by atoms with Gasteiger partial charge in [0.2, 0.25) is 0 Å². The van der Waals surface area contributed by atoms with E-state index in [1.54, 1.807) is 0 Å². The van der Waals surface area contributed by atoms with Gasteiger partial charge in [-0.15, -0.1) is 0 Å². The summed E-state index contributed by atoms with van der Waals surface area (Å²) in [5, 5.41) is 0. The zero-order chi connectivity index (χ0) is 12.7. The van der Waals surface area contributed by atoms with E-state index in [9.17, 15) is 0 Å². The van der Waals surface area contributed by atoms with Gasteiger partial charge in [0.05, 0.1) is 0 Å². The fourth-order valence-corrected chi connectivity index (χ4v) is 2.33. The van der Waals surface area contributed by atoms with Crippen molar-refractivity contribution in [3.05, 3.63) is 0 Å². The number of rotatable bonds is 7. The maximum atomic E-state index is 6.02. The third-order valence-electron chi connectivity index (χ3n) is 3.44. The Kier molecular flexibility index (Phi) is 7.04. The zero-order valence-electron chi connectivity index (χ0n) is 11.5. The van der Waals surface area contributed by atoms with Crippen LogP contribution in [0, 0.1) is 5.92 Å². The first-order valence-corrected chi connectivity index (χ1v) is 6.88. The summed E-state index contributed by atoms with van der Waals surface area (Å²) in [5.74, 6) is 0.599. The van der Waals surface area contributed by atoms with Gasteiger partial charge in [0.25, 0.3) is 0 Å². The largest absolute Gasteiger partial charge is 0.353 e. The molecular formula is C13H28N2O2. The average molecular weight is 244 g/mol. The summed E-state index contributed by atoms with van der Waals surface area (Å²) in [6.45, 7) is 10.9. The van der Waals surface area contributed by atoms with Crippen LogP contribution in [0.15, 0.2) is 0 Å². The smallest absolute Gasteiger partial charge is 0.158 e. The number of hydrogen-bond acceptors (Lipinski definition) is 4. The van der Waals surface area contributed by atoms with Crippen molar-refractivity contribution < 1.29 is 9.47 Å². The lowest BCUT2D eigenvalue weighted by molar-refractivity contribution is -0.142. The molecule has 1 rings (SSSR count). The van der Waals surface area contributed by atoms with Gasteiger partial charge < -0.3 is 20.1 Å². The second-order valence-electron chi connectivity index (χ2n) is 4.86. The van der Waals surface area contributed by atoms with E-state index < -0.39 is 0 Å². The summed E-state index contributed by atoms with van der Waals surface area (Å²) in [6.07, 6.45) is 2.01. The molecule has 2 unspecified atom stereocenters. The summed E-state index contributed by atoms with van der Waals surface area (Å²) < 4.78 is 11.1. The predicted octanol–water partition coefficient (Wildman–Crippen LogP) is 1.44. The molecule has 1 fully saturated rings. The minimum Gasteiger partial charge on any atom is -0.353 e. The molecule has 4 nitrogen and oxygen atoms in total. The van der Waals surface area contributed by atoms with E-state index in [0.29, 0.717) is 25.2 Å². The Morgan fingerprint density at radius 2 is 1.94 bits per heavy atom. The quantitative estimate of drug-likeness (QED) is 0.689. The molecule has 0 saturated carbocycles. The lowest BCUT2D eigenvalue weighted by Crippen LogP contribution is -2.46. The number of piperidine rings is 1. The lowest BCUT2D eigenvalue weighted by Gasteiger charge is -2.35. The van der Waals surface area contributed by atoms with E-state index in [2.05, 4.69) is 11.8 Å². The SMILES string of the molecule is CCOC(CCN1CCC(N)C(C)C1)OCC. The fraction of sp³-hybridized carbons (Fsp3) is 1.00. The van der Waals surface area contributed by atoms with Gasteiger partial charge in [-0.05, 0) is 32.7 Å². The molecule has 2 N–H and O–H groups in total. The molecule has 2 atom stereocenters. The van der Waals surface area contributed by atoms with E-state index in [0.717, 1.165) is 32.5 Å². The highest BCUT2D eigenvalue weighted by molar-refractivity contribution is 4.80. The highest BCUT2D eigenvalue weighted by Crippen LogP contribution is 2.15. The normalized spacial score (nSPS) is 26.6. The second-order valence-corrected chi connectivity index (χ2v) is 4.86. The fourth-order valence-electron chi connectivity index (χ4n) is 2.33. The number of nitrogens with two attached hydrogens (primary N) is 1. The molecule has 1 aliphatic rings. The van der Waals surface area contributed by atoms with Crippen LogP contribution >= 0.6 is 0 Å². The van der Waals surface area contributed by atoms with Crippen LogP contribution in [0.3, 0.4) is 0 Å². The molecule has 0 aliphatic carbocycles. The van der Waals surface area contributed by atoms with Crippen molar-refractivity contribution in [1.82, 2.24) is 4.90 Å². The first-order chi connectivity index (χ1) is 8.17. The number of hydrogen-bond donors (Lipinski definition) is 1. The van der Waals surface area contributed by atoms with Crippen molar-refractivity contribution >= 4 is 0 Å². The van der Waals surface area contributed by atoms with Crippen LogP contribution < -0.4 is 5.73 Å². The van der Waals surface area contributed by atoms with Crippen LogP contribution in [-0.2, 0) is 9.47 Å². The Balaban J connectivity index is 2.24. The monoisotopic (exact) mass is 244 g/mol. The third-order valence-corrected chi connectivity index (χ3v) is 3.44. The summed E-state index contributed by atoms with van der Waals surface area (Å²) >= 11 is 0. The molecule has 0 aromatic carbocycles. The van der Waals surface area contributed by atoms with E-state index >= 15 is 0 Å². The molecule has 17 heavy (non-hydrogen) atoms. The Morgan fingerprint density at radius 3 is 2.47 bits per heavy atom. The topological polar surface area (TPSA) is 47.7 Å². The summed E-state index contributed by atoms with van der Waals surface area (Å²) in [6, 6.07) is 0.376. The number of ether oxygens (including phenoxy) is 2. The number of nitrogens with zero attached hydrogens (tertiary/aromatic N) is 1. The standard InChI is InChI=1S/C13H28N2O2/c1-4-16-13(17-5-2)7-9-15-8-6-12(14)11(3)10-15/h11-13H,4-10,14H2,1-3H3. The van der Waals surface area contributed by atoms with Crippen LogP contribution in [-0.4, -0.2) is 50.1 Å². The van der Waals surface area contributed by atoms with Gasteiger partial charge in [-0.1, -0.05) is 6.92 Å². The van der Waals surface area contributed by atoms with Crippen molar-refractivity contribution in [3.63, 3.8) is 0 Å². The van der Waals surface area contributed by atoms with Crippen molar-refractivity contribution in [2.24, 2.45) is 11.7 Å². The van der Waals surface area contributed by atoms with Crippen molar-refractivity contribution in [2.45, 2.75) is 45.9 Å². The first kappa shape index (κ1) is 14.9. The number of likely N-dealkylation sites (tertiary alicyclic amines) is 1. The minimum absolute atomic E-state index is 0.0455. The van der Waals surface area contributed by atoms with Crippen LogP contribution in [0.2, 0.25) is 0 Å². The molecule has 1 heterocycles. The van der Waals surface area contributed by atoms with Gasteiger partial charge in [0.15, 0.2) is 6.29 Å². The van der Waals surface area contributed by atoms with Gasteiger partial charge >= 0.3 is 0 Å². The molecule has 1 saturated heterocycles. The molecule has 0 bridgehead atoms. The summed E-state index contributed by atoms with van der Waals surface area (Å²) in [4.78, 5) is 2.47. The lowest BCUT2D eigenvalue weighted by atomic mass is 9.95.